The van der Waals surface area contributed by atoms with Crippen LogP contribution in [-0.4, -0.2) is 21.0 Å². The van der Waals surface area contributed by atoms with Crippen molar-refractivity contribution in [3.63, 3.8) is 0 Å². The van der Waals surface area contributed by atoms with Crippen molar-refractivity contribution in [3.05, 3.63) is 65.9 Å². The molecule has 0 saturated heterocycles. The van der Waals surface area contributed by atoms with Gasteiger partial charge in [0.15, 0.2) is 11.6 Å². The summed E-state index contributed by atoms with van der Waals surface area (Å²) in [5.41, 5.74) is 3.66. The van der Waals surface area contributed by atoms with Gasteiger partial charge in [-0.1, -0.05) is 32.0 Å². The normalized spacial score (nSPS) is 10.6. The highest BCUT2D eigenvalue weighted by Gasteiger charge is 2.08. The molecular formula is C20H21N5O. The summed E-state index contributed by atoms with van der Waals surface area (Å²) < 4.78 is 0. The van der Waals surface area contributed by atoms with Crippen molar-refractivity contribution in [2.45, 2.75) is 26.7 Å². The molecule has 0 radical (unpaired) electrons. The summed E-state index contributed by atoms with van der Waals surface area (Å²) >= 11 is 0. The summed E-state index contributed by atoms with van der Waals surface area (Å²) in [4.78, 5) is 15.8. The fourth-order valence-electron chi connectivity index (χ4n) is 2.59. The van der Waals surface area contributed by atoms with Crippen molar-refractivity contribution in [1.29, 1.82) is 0 Å². The monoisotopic (exact) mass is 347 g/mol. The predicted molar refractivity (Wildman–Crippen MR) is 103 cm³/mol. The maximum atomic E-state index is 11.3. The molecule has 0 aliphatic rings. The van der Waals surface area contributed by atoms with Gasteiger partial charge in [0, 0.05) is 16.9 Å². The van der Waals surface area contributed by atoms with E-state index in [1.54, 1.807) is 25.3 Å². The minimum absolute atomic E-state index is 0.0319. The van der Waals surface area contributed by atoms with Crippen LogP contribution in [0.4, 0.5) is 23.1 Å². The minimum Gasteiger partial charge on any atom is -0.339 e. The first kappa shape index (κ1) is 17.5. The Morgan fingerprint density at radius 3 is 2.42 bits per heavy atom. The standard InChI is InChI=1S/C20H21N5O/c1-13(2)17-6-4-5-7-18(17)23-19-12-21-25-20(24-19)22-16-10-8-15(9-11-16)14(3)26/h4-13H,1-3H3,(H2,22,23,24,25). The van der Waals surface area contributed by atoms with E-state index in [-0.39, 0.29) is 5.78 Å². The molecule has 6 nitrogen and oxygen atoms in total. The summed E-state index contributed by atoms with van der Waals surface area (Å²) in [6.45, 7) is 5.84. The van der Waals surface area contributed by atoms with Gasteiger partial charge in [0.25, 0.3) is 0 Å². The topological polar surface area (TPSA) is 79.8 Å². The van der Waals surface area contributed by atoms with Crippen molar-refractivity contribution >= 4 is 28.9 Å². The predicted octanol–water partition coefficient (Wildman–Crippen LogP) is 4.68. The molecule has 1 heterocycles. The van der Waals surface area contributed by atoms with Crippen LogP contribution in [0.1, 0.15) is 42.6 Å². The van der Waals surface area contributed by atoms with Crippen LogP contribution in [0.5, 0.6) is 0 Å². The molecule has 2 aromatic carbocycles. The number of nitrogens with zero attached hydrogens (tertiary/aromatic N) is 3. The van der Waals surface area contributed by atoms with Gasteiger partial charge in [0.2, 0.25) is 5.95 Å². The highest BCUT2D eigenvalue weighted by molar-refractivity contribution is 5.94. The van der Waals surface area contributed by atoms with E-state index in [1.807, 2.05) is 30.3 Å². The zero-order valence-corrected chi connectivity index (χ0v) is 15.0. The van der Waals surface area contributed by atoms with Crippen LogP contribution in [0, 0.1) is 0 Å². The van der Waals surface area contributed by atoms with Crippen molar-refractivity contribution in [2.24, 2.45) is 0 Å². The maximum Gasteiger partial charge on any atom is 0.249 e. The number of carbonyl (C=O) groups is 1. The zero-order chi connectivity index (χ0) is 18.5. The summed E-state index contributed by atoms with van der Waals surface area (Å²) in [5, 5.41) is 14.4. The SMILES string of the molecule is CC(=O)c1ccc(Nc2nncc(Nc3ccccc3C(C)C)n2)cc1. The first-order valence-electron chi connectivity index (χ1n) is 8.46. The maximum absolute atomic E-state index is 11.3. The molecule has 132 valence electrons. The first-order chi connectivity index (χ1) is 12.5. The number of hydrogen-bond donors (Lipinski definition) is 2. The van der Waals surface area contributed by atoms with Gasteiger partial charge in [-0.15, -0.1) is 5.10 Å². The lowest BCUT2D eigenvalue weighted by molar-refractivity contribution is 0.101. The van der Waals surface area contributed by atoms with Crippen LogP contribution in [0.25, 0.3) is 0 Å². The number of anilines is 4. The van der Waals surface area contributed by atoms with E-state index in [4.69, 9.17) is 0 Å². The molecule has 1 aromatic heterocycles. The Morgan fingerprint density at radius 1 is 1.00 bits per heavy atom. The Bertz CT molecular complexity index is 906. The average Bonchev–Trinajstić information content (AvgIpc) is 2.63. The summed E-state index contributed by atoms with van der Waals surface area (Å²) in [5.74, 6) is 1.42. The van der Waals surface area contributed by atoms with Crippen molar-refractivity contribution in [3.8, 4) is 0 Å². The van der Waals surface area contributed by atoms with Crippen LogP contribution in [-0.2, 0) is 0 Å². The second-order valence-corrected chi connectivity index (χ2v) is 6.29. The fraction of sp³-hybridized carbons (Fsp3) is 0.200. The minimum atomic E-state index is 0.0319. The number of Topliss-reactive ketones (excluding diaryl/α,β-unsaturated/α-hetero) is 1. The summed E-state index contributed by atoms with van der Waals surface area (Å²) in [6, 6.07) is 15.3. The molecule has 0 spiro atoms. The molecule has 3 rings (SSSR count). The van der Waals surface area contributed by atoms with E-state index in [9.17, 15) is 4.79 Å². The van der Waals surface area contributed by atoms with Gasteiger partial charge in [-0.05, 0) is 48.7 Å². The first-order valence-corrected chi connectivity index (χ1v) is 8.46. The molecule has 0 aliphatic carbocycles. The van der Waals surface area contributed by atoms with Crippen LogP contribution < -0.4 is 10.6 Å². The van der Waals surface area contributed by atoms with Crippen LogP contribution >= 0.6 is 0 Å². The Morgan fingerprint density at radius 2 is 1.73 bits per heavy atom. The molecule has 0 unspecified atom stereocenters. The number of nitrogens with one attached hydrogen (secondary N) is 2. The summed E-state index contributed by atoms with van der Waals surface area (Å²) in [7, 11) is 0. The van der Waals surface area contributed by atoms with Crippen molar-refractivity contribution in [2.75, 3.05) is 10.6 Å². The van der Waals surface area contributed by atoms with Gasteiger partial charge < -0.3 is 10.6 Å². The van der Waals surface area contributed by atoms with E-state index in [0.717, 1.165) is 11.4 Å². The van der Waals surface area contributed by atoms with Gasteiger partial charge in [0.05, 0.1) is 6.20 Å². The van der Waals surface area contributed by atoms with E-state index in [0.29, 0.717) is 23.2 Å². The average molecular weight is 347 g/mol. The van der Waals surface area contributed by atoms with E-state index >= 15 is 0 Å². The van der Waals surface area contributed by atoms with Gasteiger partial charge in [0.1, 0.15) is 0 Å². The van der Waals surface area contributed by atoms with E-state index in [2.05, 4.69) is 45.7 Å². The number of carbonyl (C=O) groups excluding carboxylic acids is 1. The number of benzene rings is 2. The largest absolute Gasteiger partial charge is 0.339 e. The Labute approximate surface area is 152 Å². The fourth-order valence-corrected chi connectivity index (χ4v) is 2.59. The second kappa shape index (κ2) is 7.74. The Kier molecular flexibility index (Phi) is 5.22. The quantitative estimate of drug-likeness (QED) is 0.630. The molecule has 26 heavy (non-hydrogen) atoms. The lowest BCUT2D eigenvalue weighted by atomic mass is 10.0. The molecule has 0 atom stereocenters. The number of ketones is 1. The molecule has 0 fully saturated rings. The van der Waals surface area contributed by atoms with Gasteiger partial charge in [-0.2, -0.15) is 10.1 Å². The van der Waals surface area contributed by atoms with Crippen LogP contribution in [0.15, 0.2) is 54.7 Å². The van der Waals surface area contributed by atoms with Crippen LogP contribution in [0.2, 0.25) is 0 Å². The Balaban J connectivity index is 1.77. The Hall–Kier alpha value is -3.28. The van der Waals surface area contributed by atoms with Gasteiger partial charge >= 0.3 is 0 Å². The third-order valence-electron chi connectivity index (χ3n) is 3.95. The molecule has 0 aliphatic heterocycles. The van der Waals surface area contributed by atoms with E-state index < -0.39 is 0 Å². The molecule has 6 heteroatoms. The number of aromatic nitrogens is 3. The summed E-state index contributed by atoms with van der Waals surface area (Å²) in [6.07, 6.45) is 1.58. The second-order valence-electron chi connectivity index (χ2n) is 6.29. The smallest absolute Gasteiger partial charge is 0.249 e. The highest BCUT2D eigenvalue weighted by Crippen LogP contribution is 2.26. The van der Waals surface area contributed by atoms with Crippen molar-refractivity contribution < 1.29 is 4.79 Å². The van der Waals surface area contributed by atoms with E-state index in [1.165, 1.54) is 5.56 Å². The highest BCUT2D eigenvalue weighted by atomic mass is 16.1. The number of para-hydroxylation sites is 1. The third-order valence-corrected chi connectivity index (χ3v) is 3.95. The van der Waals surface area contributed by atoms with Gasteiger partial charge in [-0.3, -0.25) is 4.79 Å². The number of hydrogen-bond acceptors (Lipinski definition) is 6. The third kappa shape index (κ3) is 4.22. The number of rotatable bonds is 6. The van der Waals surface area contributed by atoms with Crippen LogP contribution in [0.3, 0.4) is 0 Å². The molecule has 0 amide bonds. The lowest BCUT2D eigenvalue weighted by Crippen LogP contribution is -2.04. The molecule has 0 saturated carbocycles. The zero-order valence-electron chi connectivity index (χ0n) is 15.0. The lowest BCUT2D eigenvalue weighted by Gasteiger charge is -2.14. The molecule has 2 N–H and O–H groups in total. The molecular weight excluding hydrogens is 326 g/mol. The molecule has 0 bridgehead atoms. The molecule has 3 aromatic rings. The van der Waals surface area contributed by atoms with Crippen molar-refractivity contribution in [1.82, 2.24) is 15.2 Å². The van der Waals surface area contributed by atoms with Gasteiger partial charge in [-0.25, -0.2) is 0 Å².